The van der Waals surface area contributed by atoms with Crippen LogP contribution in [0.5, 0.6) is 0 Å². The molecule has 0 aliphatic carbocycles. The first-order valence-corrected chi connectivity index (χ1v) is 10.5. The molecule has 8 heteroatoms. The van der Waals surface area contributed by atoms with Crippen LogP contribution in [0.4, 0.5) is 0 Å². The van der Waals surface area contributed by atoms with Gasteiger partial charge >= 0.3 is 0 Å². The number of nitrogens with zero attached hydrogens (tertiary/aromatic N) is 3. The molecule has 146 valence electrons. The number of thiazole rings is 2. The molecule has 2 aromatic heterocycles. The van der Waals surface area contributed by atoms with Crippen LogP contribution in [0.15, 0.2) is 16.6 Å². The van der Waals surface area contributed by atoms with Crippen LogP contribution in [0.25, 0.3) is 0 Å². The van der Waals surface area contributed by atoms with E-state index in [4.69, 9.17) is 4.98 Å². The van der Waals surface area contributed by atoms with E-state index in [0.29, 0.717) is 6.54 Å². The topological polar surface area (TPSA) is 62.2 Å². The number of rotatable bonds is 7. The molecule has 5 nitrogen and oxygen atoms in total. The van der Waals surface area contributed by atoms with Crippen molar-refractivity contribution < 1.29 is 0 Å². The van der Waals surface area contributed by atoms with E-state index in [1.165, 1.54) is 9.88 Å². The van der Waals surface area contributed by atoms with Crippen molar-refractivity contribution in [2.24, 2.45) is 4.99 Å². The molecule has 0 aromatic carbocycles. The highest BCUT2D eigenvalue weighted by atomic mass is 127. The fourth-order valence-electron chi connectivity index (χ4n) is 2.13. The summed E-state index contributed by atoms with van der Waals surface area (Å²) in [4.78, 5) is 15.2. The van der Waals surface area contributed by atoms with Crippen LogP contribution in [0.1, 0.15) is 55.2 Å². The minimum atomic E-state index is 0. The Morgan fingerprint density at radius 3 is 2.54 bits per heavy atom. The van der Waals surface area contributed by atoms with Gasteiger partial charge in [0.2, 0.25) is 0 Å². The zero-order chi connectivity index (χ0) is 18.3. The van der Waals surface area contributed by atoms with Crippen LogP contribution in [-0.2, 0) is 24.8 Å². The normalized spacial score (nSPS) is 12.0. The van der Waals surface area contributed by atoms with E-state index in [1.54, 1.807) is 22.7 Å². The van der Waals surface area contributed by atoms with Crippen molar-refractivity contribution in [1.29, 1.82) is 0 Å². The van der Waals surface area contributed by atoms with Crippen LogP contribution < -0.4 is 10.6 Å². The molecule has 26 heavy (non-hydrogen) atoms. The lowest BCUT2D eigenvalue weighted by Gasteiger charge is -2.14. The third kappa shape index (κ3) is 7.48. The number of halogens is 1. The Bertz CT molecular complexity index is 688. The van der Waals surface area contributed by atoms with Crippen molar-refractivity contribution in [3.63, 3.8) is 0 Å². The Hall–Kier alpha value is -0.740. The third-order valence-electron chi connectivity index (χ3n) is 3.62. The van der Waals surface area contributed by atoms with Gasteiger partial charge in [-0.05, 0) is 13.3 Å². The molecule has 0 unspecified atom stereocenters. The van der Waals surface area contributed by atoms with Gasteiger partial charge in [-0.15, -0.1) is 46.7 Å². The first-order chi connectivity index (χ1) is 11.9. The van der Waals surface area contributed by atoms with Gasteiger partial charge in [-0.2, -0.15) is 0 Å². The van der Waals surface area contributed by atoms with Crippen LogP contribution in [0, 0.1) is 0 Å². The lowest BCUT2D eigenvalue weighted by molar-refractivity contribution is 0.571. The van der Waals surface area contributed by atoms with Crippen molar-refractivity contribution in [3.8, 4) is 0 Å². The highest BCUT2D eigenvalue weighted by Crippen LogP contribution is 2.24. The standard InChI is InChI=1S/C18H29N5S2.HI/c1-6-13-10-21-15(25-13)8-9-20-17(19-7-2)22-11-16-23-14(12-24-16)18(3,4)5;/h10,12H,6-9,11H2,1-5H3,(H2,19,20,22);1H. The summed E-state index contributed by atoms with van der Waals surface area (Å²) in [6.07, 6.45) is 3.95. The number of nitrogens with one attached hydrogen (secondary N) is 2. The molecule has 0 saturated heterocycles. The first kappa shape index (κ1) is 23.3. The summed E-state index contributed by atoms with van der Waals surface area (Å²) < 4.78 is 0. The predicted molar refractivity (Wildman–Crippen MR) is 124 cm³/mol. The van der Waals surface area contributed by atoms with Crippen molar-refractivity contribution in [1.82, 2.24) is 20.6 Å². The molecular weight excluding hydrogens is 477 g/mol. The molecule has 0 saturated carbocycles. The van der Waals surface area contributed by atoms with Crippen LogP contribution in [-0.4, -0.2) is 29.0 Å². The summed E-state index contributed by atoms with van der Waals surface area (Å²) in [6, 6.07) is 0. The highest BCUT2D eigenvalue weighted by molar-refractivity contribution is 14.0. The van der Waals surface area contributed by atoms with Gasteiger partial charge in [-0.25, -0.2) is 15.0 Å². The van der Waals surface area contributed by atoms with Gasteiger partial charge in [0.15, 0.2) is 5.96 Å². The minimum Gasteiger partial charge on any atom is -0.357 e. The third-order valence-corrected chi connectivity index (χ3v) is 5.65. The maximum absolute atomic E-state index is 4.70. The Balaban J connectivity index is 0.00000338. The van der Waals surface area contributed by atoms with Gasteiger partial charge < -0.3 is 10.6 Å². The van der Waals surface area contributed by atoms with Crippen LogP contribution >= 0.6 is 46.7 Å². The zero-order valence-electron chi connectivity index (χ0n) is 16.3. The molecule has 0 spiro atoms. The van der Waals surface area contributed by atoms with Crippen LogP contribution in [0.2, 0.25) is 0 Å². The average molecular weight is 508 g/mol. The summed E-state index contributed by atoms with van der Waals surface area (Å²) in [6.45, 7) is 13.1. The summed E-state index contributed by atoms with van der Waals surface area (Å²) in [7, 11) is 0. The smallest absolute Gasteiger partial charge is 0.191 e. The number of aromatic nitrogens is 2. The highest BCUT2D eigenvalue weighted by Gasteiger charge is 2.17. The van der Waals surface area contributed by atoms with E-state index < -0.39 is 0 Å². The molecule has 2 N–H and O–H groups in total. The second kappa shape index (κ2) is 11.2. The molecule has 0 fully saturated rings. The number of aryl methyl sites for hydroxylation is 1. The molecule has 2 aromatic rings. The zero-order valence-corrected chi connectivity index (χ0v) is 20.2. The maximum atomic E-state index is 4.70. The quantitative estimate of drug-likeness (QED) is 0.332. The van der Waals surface area contributed by atoms with Gasteiger partial charge in [0.25, 0.3) is 0 Å². The van der Waals surface area contributed by atoms with Crippen LogP contribution in [0.3, 0.4) is 0 Å². The fraction of sp³-hybridized carbons (Fsp3) is 0.611. The second-order valence-electron chi connectivity index (χ2n) is 6.82. The molecule has 2 rings (SSSR count). The van der Waals surface area contributed by atoms with E-state index in [9.17, 15) is 0 Å². The summed E-state index contributed by atoms with van der Waals surface area (Å²) in [5.41, 5.74) is 1.22. The minimum absolute atomic E-state index is 0. The molecule has 0 amide bonds. The molecule has 0 bridgehead atoms. The monoisotopic (exact) mass is 507 g/mol. The molecule has 0 atom stereocenters. The van der Waals surface area contributed by atoms with E-state index in [0.717, 1.165) is 42.6 Å². The van der Waals surface area contributed by atoms with E-state index in [-0.39, 0.29) is 29.4 Å². The first-order valence-electron chi connectivity index (χ1n) is 8.83. The SMILES string of the molecule is CCNC(=NCc1nc(C(C)(C)C)cs1)NCCc1ncc(CC)s1.I. The molecule has 0 radical (unpaired) electrons. The summed E-state index contributed by atoms with van der Waals surface area (Å²) >= 11 is 3.47. The predicted octanol–water partition coefficient (Wildman–Crippen LogP) is 4.38. The van der Waals surface area contributed by atoms with Gasteiger partial charge in [0.05, 0.1) is 17.2 Å². The Labute approximate surface area is 182 Å². The number of aliphatic imine (C=N–C) groups is 1. The van der Waals surface area contributed by atoms with E-state index in [2.05, 4.69) is 60.6 Å². The Kier molecular flexibility index (Phi) is 10.0. The lowest BCUT2D eigenvalue weighted by atomic mass is 9.93. The number of hydrogen-bond acceptors (Lipinski definition) is 5. The van der Waals surface area contributed by atoms with Crippen molar-refractivity contribution in [2.45, 2.75) is 59.4 Å². The van der Waals surface area contributed by atoms with Gasteiger partial charge in [-0.3, -0.25) is 0 Å². The Morgan fingerprint density at radius 2 is 1.96 bits per heavy atom. The van der Waals surface area contributed by atoms with E-state index in [1.807, 2.05) is 6.20 Å². The van der Waals surface area contributed by atoms with Gasteiger partial charge in [0, 0.05) is 41.4 Å². The van der Waals surface area contributed by atoms with E-state index >= 15 is 0 Å². The molecule has 0 aliphatic rings. The second-order valence-corrected chi connectivity index (χ2v) is 8.96. The number of hydrogen-bond donors (Lipinski definition) is 2. The van der Waals surface area contributed by atoms with Gasteiger partial charge in [-0.1, -0.05) is 27.7 Å². The summed E-state index contributed by atoms with van der Waals surface area (Å²) in [5, 5.41) is 11.0. The van der Waals surface area contributed by atoms with Crippen molar-refractivity contribution >= 4 is 52.6 Å². The summed E-state index contributed by atoms with van der Waals surface area (Å²) in [5.74, 6) is 0.835. The lowest BCUT2D eigenvalue weighted by Crippen LogP contribution is -2.38. The molecular formula is C18H30IN5S2. The van der Waals surface area contributed by atoms with Gasteiger partial charge in [0.1, 0.15) is 5.01 Å². The largest absolute Gasteiger partial charge is 0.357 e. The van der Waals surface area contributed by atoms with Crippen molar-refractivity contribution in [2.75, 3.05) is 13.1 Å². The molecule has 0 aliphatic heterocycles. The fourth-order valence-corrected chi connectivity index (χ4v) is 3.94. The maximum Gasteiger partial charge on any atom is 0.191 e. The van der Waals surface area contributed by atoms with Crippen molar-refractivity contribution in [3.05, 3.63) is 32.2 Å². The Morgan fingerprint density at radius 1 is 1.19 bits per heavy atom. The average Bonchev–Trinajstić information content (AvgIpc) is 3.21. The molecule has 2 heterocycles. The number of guanidine groups is 1.